The van der Waals surface area contributed by atoms with Crippen LogP contribution in [0, 0.1) is 0 Å². The second-order valence-electron chi connectivity index (χ2n) is 5.50. The number of nitrogens with zero attached hydrogens (tertiary/aromatic N) is 2. The predicted molar refractivity (Wildman–Crippen MR) is 91.7 cm³/mol. The average Bonchev–Trinajstić information content (AvgIpc) is 3.15. The fourth-order valence-corrected chi connectivity index (χ4v) is 2.39. The zero-order valence-electron chi connectivity index (χ0n) is 14.0. The van der Waals surface area contributed by atoms with Gasteiger partial charge in [-0.15, -0.1) is 0 Å². The lowest BCUT2D eigenvalue weighted by molar-refractivity contribution is -0.138. The normalized spacial score (nSPS) is 11.4. The number of hydrogen-bond donors (Lipinski definition) is 0. The van der Waals surface area contributed by atoms with Crippen LogP contribution in [-0.4, -0.2) is 23.4 Å². The van der Waals surface area contributed by atoms with Gasteiger partial charge in [-0.05, 0) is 23.8 Å². The van der Waals surface area contributed by atoms with Crippen molar-refractivity contribution in [1.29, 1.82) is 0 Å². The van der Waals surface area contributed by atoms with Crippen LogP contribution < -0.4 is 4.74 Å². The summed E-state index contributed by atoms with van der Waals surface area (Å²) in [6, 6.07) is 10.4. The Hall–Kier alpha value is -3.16. The largest absolute Gasteiger partial charge is 0.490 e. The maximum atomic E-state index is 13.3. The molecule has 3 rings (SSSR count). The summed E-state index contributed by atoms with van der Waals surface area (Å²) >= 11 is 0. The zero-order chi connectivity index (χ0) is 19.4. The highest BCUT2D eigenvalue weighted by atomic mass is 19.4. The van der Waals surface area contributed by atoms with Crippen molar-refractivity contribution in [2.75, 3.05) is 13.3 Å². The molecule has 2 aromatic carbocycles. The van der Waals surface area contributed by atoms with E-state index in [1.54, 1.807) is 30.3 Å². The minimum absolute atomic E-state index is 0.0691. The molecule has 0 bridgehead atoms. The van der Waals surface area contributed by atoms with Crippen LogP contribution in [0.1, 0.15) is 11.1 Å². The first-order valence-electron chi connectivity index (χ1n) is 7.89. The molecule has 8 heteroatoms. The minimum atomic E-state index is -4.68. The molecule has 3 aromatic rings. The Morgan fingerprint density at radius 3 is 2.41 bits per heavy atom. The van der Waals surface area contributed by atoms with Crippen LogP contribution in [0.5, 0.6) is 5.75 Å². The molecule has 27 heavy (non-hydrogen) atoms. The Morgan fingerprint density at radius 2 is 1.78 bits per heavy atom. The second-order valence-corrected chi connectivity index (χ2v) is 5.50. The molecule has 0 fully saturated rings. The van der Waals surface area contributed by atoms with E-state index in [-0.39, 0.29) is 17.3 Å². The predicted octanol–water partition coefficient (Wildman–Crippen LogP) is 5.41. The van der Waals surface area contributed by atoms with E-state index in [0.717, 1.165) is 17.7 Å². The smallest absolute Gasteiger partial charge is 0.419 e. The Kier molecular flexibility index (Phi) is 5.25. The third-order valence-electron chi connectivity index (χ3n) is 3.70. The van der Waals surface area contributed by atoms with Crippen LogP contribution in [-0.2, 0) is 6.18 Å². The third kappa shape index (κ3) is 4.16. The first kappa shape index (κ1) is 18.6. The zero-order valence-corrected chi connectivity index (χ0v) is 14.0. The number of rotatable bonds is 6. The summed E-state index contributed by atoms with van der Waals surface area (Å²) in [5.74, 6) is -0.282. The van der Waals surface area contributed by atoms with E-state index in [0.29, 0.717) is 5.56 Å². The maximum Gasteiger partial charge on any atom is 0.419 e. The number of benzene rings is 2. The number of hydrogen-bond acceptors (Lipinski definition) is 4. The summed E-state index contributed by atoms with van der Waals surface area (Å²) in [5.41, 5.74) is 0.593. The van der Waals surface area contributed by atoms with E-state index in [2.05, 4.69) is 16.7 Å². The van der Waals surface area contributed by atoms with E-state index < -0.39 is 30.8 Å². The summed E-state index contributed by atoms with van der Waals surface area (Å²) in [6.45, 7) is 2.30. The molecule has 0 saturated heterocycles. The molecule has 140 valence electrons. The molecular formula is C19H14F4N2O2. The lowest BCUT2D eigenvalue weighted by Crippen LogP contribution is -2.10. The standard InChI is InChI=1S/C19H14F4N2O2/c1-2-12-3-5-13(6-4-12)17-24-18(27-25-17)14-7-8-16(26-10-9-20)15(11-14)19(21,22)23/h2-8,11H,1,9-10H2. The van der Waals surface area contributed by atoms with Gasteiger partial charge in [0.1, 0.15) is 19.0 Å². The van der Waals surface area contributed by atoms with E-state index in [1.807, 2.05) is 0 Å². The van der Waals surface area contributed by atoms with Crippen molar-refractivity contribution in [3.05, 3.63) is 60.2 Å². The van der Waals surface area contributed by atoms with Gasteiger partial charge in [-0.25, -0.2) is 4.39 Å². The molecule has 0 aliphatic rings. The van der Waals surface area contributed by atoms with Crippen LogP contribution in [0.15, 0.2) is 53.6 Å². The van der Waals surface area contributed by atoms with Gasteiger partial charge in [-0.3, -0.25) is 0 Å². The van der Waals surface area contributed by atoms with Crippen LogP contribution >= 0.6 is 0 Å². The molecule has 0 saturated carbocycles. The molecule has 0 atom stereocenters. The minimum Gasteiger partial charge on any atom is -0.490 e. The molecule has 0 aliphatic heterocycles. The van der Waals surface area contributed by atoms with Crippen molar-refractivity contribution in [3.8, 4) is 28.6 Å². The summed E-state index contributed by atoms with van der Waals surface area (Å²) in [6.07, 6.45) is -3.00. The molecule has 1 heterocycles. The van der Waals surface area contributed by atoms with E-state index in [4.69, 9.17) is 9.26 Å². The topological polar surface area (TPSA) is 48.2 Å². The van der Waals surface area contributed by atoms with Gasteiger partial charge in [-0.2, -0.15) is 18.2 Å². The summed E-state index contributed by atoms with van der Waals surface area (Å²) in [4.78, 5) is 4.15. The SMILES string of the molecule is C=Cc1ccc(-c2noc(-c3ccc(OCCF)c(C(F)(F)F)c3)n2)cc1. The summed E-state index contributed by atoms with van der Waals surface area (Å²) in [7, 11) is 0. The number of alkyl halides is 4. The number of halogens is 4. The second kappa shape index (κ2) is 7.61. The highest BCUT2D eigenvalue weighted by molar-refractivity contribution is 5.63. The molecule has 0 N–H and O–H groups in total. The molecule has 0 unspecified atom stereocenters. The first-order valence-corrected chi connectivity index (χ1v) is 7.89. The molecule has 4 nitrogen and oxygen atoms in total. The maximum absolute atomic E-state index is 13.3. The van der Waals surface area contributed by atoms with Crippen LogP contribution in [0.25, 0.3) is 28.9 Å². The monoisotopic (exact) mass is 378 g/mol. The fraction of sp³-hybridized carbons (Fsp3) is 0.158. The third-order valence-corrected chi connectivity index (χ3v) is 3.70. The highest BCUT2D eigenvalue weighted by Crippen LogP contribution is 2.38. The fourth-order valence-electron chi connectivity index (χ4n) is 2.39. The van der Waals surface area contributed by atoms with Crippen LogP contribution in [0.3, 0.4) is 0 Å². The Balaban J connectivity index is 1.94. The van der Waals surface area contributed by atoms with Gasteiger partial charge >= 0.3 is 6.18 Å². The Labute approximate surface area is 152 Å². The van der Waals surface area contributed by atoms with Gasteiger partial charge < -0.3 is 9.26 Å². The summed E-state index contributed by atoms with van der Waals surface area (Å²) in [5, 5.41) is 3.81. The van der Waals surface area contributed by atoms with Gasteiger partial charge in [0.25, 0.3) is 5.89 Å². The molecular weight excluding hydrogens is 364 g/mol. The molecule has 1 aromatic heterocycles. The molecule has 0 amide bonds. The Morgan fingerprint density at radius 1 is 1.07 bits per heavy atom. The van der Waals surface area contributed by atoms with Crippen LogP contribution in [0.4, 0.5) is 17.6 Å². The van der Waals surface area contributed by atoms with Crippen molar-refractivity contribution < 1.29 is 26.8 Å². The van der Waals surface area contributed by atoms with E-state index >= 15 is 0 Å². The van der Waals surface area contributed by atoms with Crippen LogP contribution in [0.2, 0.25) is 0 Å². The van der Waals surface area contributed by atoms with Crippen molar-refractivity contribution in [2.45, 2.75) is 6.18 Å². The van der Waals surface area contributed by atoms with Gasteiger partial charge in [0.05, 0.1) is 5.56 Å². The lowest BCUT2D eigenvalue weighted by Gasteiger charge is -2.13. The van der Waals surface area contributed by atoms with Crippen molar-refractivity contribution in [2.24, 2.45) is 0 Å². The van der Waals surface area contributed by atoms with E-state index in [9.17, 15) is 17.6 Å². The first-order chi connectivity index (χ1) is 12.9. The van der Waals surface area contributed by atoms with Gasteiger partial charge in [0.2, 0.25) is 5.82 Å². The van der Waals surface area contributed by atoms with Gasteiger partial charge in [-0.1, -0.05) is 42.1 Å². The van der Waals surface area contributed by atoms with Crippen molar-refractivity contribution >= 4 is 6.08 Å². The van der Waals surface area contributed by atoms with Crippen molar-refractivity contribution in [3.63, 3.8) is 0 Å². The van der Waals surface area contributed by atoms with Crippen molar-refractivity contribution in [1.82, 2.24) is 10.1 Å². The molecule has 0 aliphatic carbocycles. The van der Waals surface area contributed by atoms with Gasteiger partial charge in [0, 0.05) is 11.1 Å². The Bertz CT molecular complexity index is 934. The average molecular weight is 378 g/mol. The quantitative estimate of drug-likeness (QED) is 0.538. The highest BCUT2D eigenvalue weighted by Gasteiger charge is 2.35. The van der Waals surface area contributed by atoms with Gasteiger partial charge in [0.15, 0.2) is 0 Å². The van der Waals surface area contributed by atoms with E-state index in [1.165, 1.54) is 6.07 Å². The number of aromatic nitrogens is 2. The summed E-state index contributed by atoms with van der Waals surface area (Å²) < 4.78 is 61.9. The molecule has 0 spiro atoms. The molecule has 0 radical (unpaired) electrons. The lowest BCUT2D eigenvalue weighted by atomic mass is 10.1. The number of ether oxygens (including phenoxy) is 1.